The SMILES string of the molecule is CC1(C(=O)Nc2c(F)cc(F)cc2F)CCNC1. The second-order valence-electron chi connectivity index (χ2n) is 4.69. The zero-order valence-electron chi connectivity index (χ0n) is 9.82. The summed E-state index contributed by atoms with van der Waals surface area (Å²) >= 11 is 0. The number of carbonyl (C=O) groups excluding carboxylic acids is 1. The fraction of sp³-hybridized carbons (Fsp3) is 0.417. The second kappa shape index (κ2) is 4.61. The first kappa shape index (κ1) is 12.9. The van der Waals surface area contributed by atoms with Gasteiger partial charge in [-0.2, -0.15) is 0 Å². The van der Waals surface area contributed by atoms with Crippen LogP contribution in [0, 0.1) is 22.9 Å². The van der Waals surface area contributed by atoms with Crippen molar-refractivity contribution in [2.24, 2.45) is 5.41 Å². The summed E-state index contributed by atoms with van der Waals surface area (Å²) in [5.41, 5.74) is -1.30. The zero-order valence-corrected chi connectivity index (χ0v) is 9.82. The Labute approximate surface area is 102 Å². The van der Waals surface area contributed by atoms with E-state index in [-0.39, 0.29) is 0 Å². The van der Waals surface area contributed by atoms with Gasteiger partial charge in [0.15, 0.2) is 11.6 Å². The Bertz CT molecular complexity index is 461. The Morgan fingerprint density at radius 3 is 2.44 bits per heavy atom. The van der Waals surface area contributed by atoms with Gasteiger partial charge in [0.05, 0.1) is 5.41 Å². The molecule has 0 aliphatic carbocycles. The Morgan fingerprint density at radius 1 is 1.33 bits per heavy atom. The maximum Gasteiger partial charge on any atom is 0.231 e. The number of nitrogens with one attached hydrogen (secondary N) is 2. The van der Waals surface area contributed by atoms with Gasteiger partial charge in [0.25, 0.3) is 0 Å². The van der Waals surface area contributed by atoms with Crippen LogP contribution < -0.4 is 10.6 Å². The van der Waals surface area contributed by atoms with Gasteiger partial charge < -0.3 is 10.6 Å². The molecule has 2 rings (SSSR count). The van der Waals surface area contributed by atoms with Crippen LogP contribution in [0.1, 0.15) is 13.3 Å². The summed E-state index contributed by atoms with van der Waals surface area (Å²) in [6, 6.07) is 1.07. The number of hydrogen-bond acceptors (Lipinski definition) is 2. The molecule has 1 unspecified atom stereocenters. The quantitative estimate of drug-likeness (QED) is 0.852. The van der Waals surface area contributed by atoms with Gasteiger partial charge in [-0.15, -0.1) is 0 Å². The Kier molecular flexibility index (Phi) is 3.30. The minimum atomic E-state index is -1.12. The van der Waals surface area contributed by atoms with Crippen LogP contribution in [0.25, 0.3) is 0 Å². The molecule has 0 saturated carbocycles. The van der Waals surface area contributed by atoms with Crippen LogP contribution in [0.3, 0.4) is 0 Å². The molecule has 1 aliphatic rings. The molecule has 0 aromatic heterocycles. The van der Waals surface area contributed by atoms with Crippen molar-refractivity contribution in [1.29, 1.82) is 0 Å². The maximum atomic E-state index is 13.4. The van der Waals surface area contributed by atoms with Crippen molar-refractivity contribution in [2.75, 3.05) is 18.4 Å². The van der Waals surface area contributed by atoms with Crippen molar-refractivity contribution in [2.45, 2.75) is 13.3 Å². The second-order valence-corrected chi connectivity index (χ2v) is 4.69. The van der Waals surface area contributed by atoms with Crippen LogP contribution in [0.5, 0.6) is 0 Å². The predicted octanol–water partition coefficient (Wildman–Crippen LogP) is 2.04. The molecule has 0 radical (unpaired) electrons. The van der Waals surface area contributed by atoms with Gasteiger partial charge in [0, 0.05) is 18.7 Å². The Hall–Kier alpha value is -1.56. The summed E-state index contributed by atoms with van der Waals surface area (Å²) in [6.07, 6.45) is 0.587. The molecule has 1 fully saturated rings. The predicted molar refractivity (Wildman–Crippen MR) is 60.5 cm³/mol. The molecule has 1 aromatic rings. The molecule has 1 amide bonds. The van der Waals surface area contributed by atoms with Crippen molar-refractivity contribution >= 4 is 11.6 Å². The van der Waals surface area contributed by atoms with Crippen LogP contribution in [0.15, 0.2) is 12.1 Å². The highest BCUT2D eigenvalue weighted by Crippen LogP contribution is 2.28. The first-order chi connectivity index (χ1) is 8.42. The lowest BCUT2D eigenvalue weighted by molar-refractivity contribution is -0.123. The number of amides is 1. The molecule has 18 heavy (non-hydrogen) atoms. The molecule has 0 bridgehead atoms. The van der Waals surface area contributed by atoms with E-state index >= 15 is 0 Å². The summed E-state index contributed by atoms with van der Waals surface area (Å²) in [7, 11) is 0. The average Bonchev–Trinajstić information content (AvgIpc) is 2.71. The van der Waals surface area contributed by atoms with Gasteiger partial charge in [0.1, 0.15) is 11.5 Å². The summed E-state index contributed by atoms with van der Waals surface area (Å²) in [4.78, 5) is 11.9. The lowest BCUT2D eigenvalue weighted by atomic mass is 9.88. The lowest BCUT2D eigenvalue weighted by Crippen LogP contribution is -2.35. The minimum absolute atomic E-state index is 0.448. The topological polar surface area (TPSA) is 41.1 Å². The van der Waals surface area contributed by atoms with E-state index in [1.807, 2.05) is 0 Å². The lowest BCUT2D eigenvalue weighted by Gasteiger charge is -2.21. The van der Waals surface area contributed by atoms with Gasteiger partial charge in [-0.05, 0) is 19.9 Å². The van der Waals surface area contributed by atoms with Gasteiger partial charge in [-0.3, -0.25) is 4.79 Å². The first-order valence-corrected chi connectivity index (χ1v) is 5.59. The molecular weight excluding hydrogens is 245 g/mol. The van der Waals surface area contributed by atoms with Crippen LogP contribution in [-0.2, 0) is 4.79 Å². The molecule has 1 saturated heterocycles. The monoisotopic (exact) mass is 258 g/mol. The summed E-state index contributed by atoms with van der Waals surface area (Å²) in [6.45, 7) is 2.84. The van der Waals surface area contributed by atoms with Crippen molar-refractivity contribution in [3.8, 4) is 0 Å². The number of hydrogen-bond donors (Lipinski definition) is 2. The van der Waals surface area contributed by atoms with E-state index in [0.29, 0.717) is 31.6 Å². The van der Waals surface area contributed by atoms with Crippen LogP contribution in [-0.4, -0.2) is 19.0 Å². The molecule has 1 heterocycles. The summed E-state index contributed by atoms with van der Waals surface area (Å²) in [5, 5.41) is 5.20. The largest absolute Gasteiger partial charge is 0.321 e. The van der Waals surface area contributed by atoms with Crippen LogP contribution in [0.4, 0.5) is 18.9 Å². The molecule has 1 aromatic carbocycles. The van der Waals surface area contributed by atoms with E-state index in [1.54, 1.807) is 6.92 Å². The third-order valence-electron chi connectivity index (χ3n) is 3.16. The maximum absolute atomic E-state index is 13.4. The molecule has 2 N–H and O–H groups in total. The van der Waals surface area contributed by atoms with E-state index in [1.165, 1.54) is 0 Å². The molecular formula is C12H13F3N2O. The zero-order chi connectivity index (χ0) is 13.3. The highest BCUT2D eigenvalue weighted by Gasteiger charge is 2.37. The fourth-order valence-corrected chi connectivity index (χ4v) is 1.94. The van der Waals surface area contributed by atoms with E-state index in [4.69, 9.17) is 0 Å². The van der Waals surface area contributed by atoms with Gasteiger partial charge in [-0.25, -0.2) is 13.2 Å². The third-order valence-corrected chi connectivity index (χ3v) is 3.16. The third kappa shape index (κ3) is 2.33. The van der Waals surface area contributed by atoms with Crippen LogP contribution in [0.2, 0.25) is 0 Å². The number of carbonyl (C=O) groups is 1. The summed E-state index contributed by atoms with van der Waals surface area (Å²) < 4.78 is 39.5. The highest BCUT2D eigenvalue weighted by molar-refractivity contribution is 5.95. The van der Waals surface area contributed by atoms with E-state index in [2.05, 4.69) is 10.6 Å². The Morgan fingerprint density at radius 2 is 1.94 bits per heavy atom. The number of rotatable bonds is 2. The average molecular weight is 258 g/mol. The highest BCUT2D eigenvalue weighted by atomic mass is 19.1. The molecule has 1 aliphatic heterocycles. The fourth-order valence-electron chi connectivity index (χ4n) is 1.94. The van der Waals surface area contributed by atoms with Crippen molar-refractivity contribution in [3.63, 3.8) is 0 Å². The van der Waals surface area contributed by atoms with Gasteiger partial charge in [-0.1, -0.05) is 0 Å². The molecule has 0 spiro atoms. The molecule has 6 heteroatoms. The first-order valence-electron chi connectivity index (χ1n) is 5.59. The van der Waals surface area contributed by atoms with E-state index in [9.17, 15) is 18.0 Å². The summed E-state index contributed by atoms with van der Waals surface area (Å²) in [5.74, 6) is -3.72. The molecule has 3 nitrogen and oxygen atoms in total. The smallest absolute Gasteiger partial charge is 0.231 e. The normalized spacial score (nSPS) is 23.1. The standard InChI is InChI=1S/C12H13F3N2O/c1-12(2-3-16-6-12)11(18)17-10-8(14)4-7(13)5-9(10)15/h4-5,16H,2-3,6H2,1H3,(H,17,18). The van der Waals surface area contributed by atoms with Crippen LogP contribution >= 0.6 is 0 Å². The van der Waals surface area contributed by atoms with Gasteiger partial charge >= 0.3 is 0 Å². The van der Waals surface area contributed by atoms with Crippen molar-refractivity contribution in [1.82, 2.24) is 5.32 Å². The van der Waals surface area contributed by atoms with E-state index in [0.717, 1.165) is 0 Å². The number of benzene rings is 1. The van der Waals surface area contributed by atoms with Crippen molar-refractivity contribution < 1.29 is 18.0 Å². The Balaban J connectivity index is 2.22. The van der Waals surface area contributed by atoms with Crippen molar-refractivity contribution in [3.05, 3.63) is 29.6 Å². The van der Waals surface area contributed by atoms with E-state index < -0.39 is 34.5 Å². The number of anilines is 1. The minimum Gasteiger partial charge on any atom is -0.321 e. The number of halogens is 3. The molecule has 98 valence electrons. The van der Waals surface area contributed by atoms with Gasteiger partial charge in [0.2, 0.25) is 5.91 Å². The molecule has 1 atom stereocenters.